The Morgan fingerprint density at radius 2 is 0.748 bits per heavy atom. The molecule has 0 bridgehead atoms. The van der Waals surface area contributed by atoms with Crippen molar-refractivity contribution in [3.8, 4) is 90.5 Å². The van der Waals surface area contributed by atoms with E-state index >= 15 is 0 Å². The third-order valence-corrected chi connectivity index (χ3v) is 18.1. The number of phenolic OH excluding ortho intramolecular Hbond substituents is 3. The molecule has 13 aromatic heterocycles. The second kappa shape index (κ2) is 31.3. The van der Waals surface area contributed by atoms with Crippen molar-refractivity contribution in [1.82, 2.24) is 129 Å². The third kappa shape index (κ3) is 15.1. The first-order valence-corrected chi connectivity index (χ1v) is 34.5. The number of hydrogen-bond donors (Lipinski definition) is 10. The number of halogens is 4. The van der Waals surface area contributed by atoms with E-state index in [0.29, 0.717) is 129 Å². The van der Waals surface area contributed by atoms with Crippen molar-refractivity contribution in [3.05, 3.63) is 187 Å². The van der Waals surface area contributed by atoms with E-state index in [1.165, 1.54) is 97.8 Å². The van der Waals surface area contributed by atoms with Crippen LogP contribution >= 0.6 is 11.6 Å². The molecule has 0 amide bonds. The van der Waals surface area contributed by atoms with Crippen LogP contribution in [-0.4, -0.2) is 151 Å². The van der Waals surface area contributed by atoms with Gasteiger partial charge in [0.15, 0.2) is 45.4 Å². The molecule has 13 heterocycles. The van der Waals surface area contributed by atoms with Gasteiger partial charge in [0.25, 0.3) is 0 Å². The van der Waals surface area contributed by atoms with Gasteiger partial charge in [0.05, 0.1) is 51.1 Å². The topological polar surface area (TPSA) is 516 Å². The molecule has 40 heteroatoms. The summed E-state index contributed by atoms with van der Waals surface area (Å²) in [7, 11) is 12.1. The zero-order chi connectivity index (χ0) is 81.4. The average Bonchev–Trinajstić information content (AvgIpc) is 1.62. The second-order valence-electron chi connectivity index (χ2n) is 25.5. The number of ether oxygens (including phenoxy) is 1. The number of nitrogen functional groups attached to an aromatic ring is 6. The summed E-state index contributed by atoms with van der Waals surface area (Å²) in [6.45, 7) is 2.05. The highest BCUT2D eigenvalue weighted by molar-refractivity contribution is 6.31. The van der Waals surface area contributed by atoms with E-state index in [1.807, 2.05) is 44.4 Å². The Hall–Kier alpha value is -15.8. The maximum Gasteiger partial charge on any atom is 0.165 e. The number of fused-ring (bicyclic) bond motifs is 7. The number of methoxy groups -OCH3 is 1. The lowest BCUT2D eigenvalue weighted by molar-refractivity contribution is 0.411. The summed E-state index contributed by atoms with van der Waals surface area (Å²) in [4.78, 5) is 48.8. The SMILES string of the molecule is COc1cc(F)cc(-c2nn(C)c3ncnc(N)c23)c1.Cc1cccc(-c2nn(C)c3ncnc(N)c23)c1.Cn1nc(-c2cc(O)cc(Cl)c2)c2c(N)ncnc21.Cn1nc(-c2cc(O)cc(F)c2)c2c(N)ncnc21.Cn1nc(-c2ccc(O)c(F)c2)c2c(N)ncnc21.Cn1nc(-c2cccc3[nH]ncc23)c2c(N)ncnc21. The number of benzene rings is 6. The molecule has 0 aliphatic heterocycles. The molecule has 0 saturated heterocycles. The van der Waals surface area contributed by atoms with Gasteiger partial charge in [-0.25, -0.2) is 101 Å². The van der Waals surface area contributed by atoms with Gasteiger partial charge in [-0.05, 0) is 79.7 Å². The maximum absolute atomic E-state index is 13.6. The van der Waals surface area contributed by atoms with E-state index < -0.39 is 23.2 Å². The number of hydrogen-bond acceptors (Lipinski definition) is 29. The Morgan fingerprint density at radius 1 is 0.383 bits per heavy atom. The van der Waals surface area contributed by atoms with Crippen LogP contribution in [0.25, 0.3) is 145 Å². The van der Waals surface area contributed by atoms with Crippen LogP contribution in [-0.2, 0) is 42.3 Å². The van der Waals surface area contributed by atoms with Gasteiger partial charge in [0.1, 0.15) is 136 Å². The quantitative estimate of drug-likeness (QED) is 0.0709. The standard InChI is InChI=1S/C13H12FN5O.C13H11N7.C13H13N5.C12H10ClN5O.2C12H10FN5O/c1-19-13-10(12(15)16-6-17-13)11(18-19)7-3-8(14)5-9(4-7)20-2;1-20-13-10(12(14)15-6-16-13)11(19-20)7-3-2-4-9-8(7)5-17-18-9;1-8-4-3-5-9(6-8)11-10-12(14)15-7-16-13(10)18(2)17-11;2*1-18-12-9(11(14)15-5-16-12)10(17-18)6-2-7(13)4-8(19)3-6;1-18-12-9(11(14)15-5-16-12)10(17-18)6-2-3-8(19)7(13)4-6/h3-6H,1-2H3,(H2,15,16,17);2-6H,1H3,(H,17,18)(H2,14,15,16);3-7H,1-2H3,(H2,14,15,16);3*2-5,19H,1H3,(H2,14,15,16). The van der Waals surface area contributed by atoms with Gasteiger partial charge in [0.2, 0.25) is 0 Å². The van der Waals surface area contributed by atoms with Crippen LogP contribution in [0.15, 0.2) is 159 Å². The normalized spacial score (nSPS) is 11.1. The number of H-pyrrole nitrogens is 1. The van der Waals surface area contributed by atoms with Crippen molar-refractivity contribution >= 4 is 124 Å². The van der Waals surface area contributed by atoms with E-state index in [9.17, 15) is 28.5 Å². The van der Waals surface area contributed by atoms with Gasteiger partial charge < -0.3 is 54.5 Å². The van der Waals surface area contributed by atoms with E-state index in [4.69, 9.17) is 50.7 Å². The monoisotopic (exact) mass is 1570 g/mol. The lowest BCUT2D eigenvalue weighted by Gasteiger charge is -2.04. The zero-order valence-corrected chi connectivity index (χ0v) is 62.7. The molecule has 115 heavy (non-hydrogen) atoms. The summed E-state index contributed by atoms with van der Waals surface area (Å²) in [6, 6.07) is 30.9. The fourth-order valence-electron chi connectivity index (χ4n) is 12.7. The van der Waals surface area contributed by atoms with Crippen molar-refractivity contribution in [1.29, 1.82) is 0 Å². The fraction of sp³-hybridized carbons (Fsp3) is 0.107. The molecule has 0 aliphatic carbocycles. The summed E-state index contributed by atoms with van der Waals surface area (Å²) >= 11 is 5.94. The number of nitrogens with zero attached hydrogens (tertiary/aromatic N) is 25. The molecular formula is C75H66ClF3N32O4. The van der Waals surface area contributed by atoms with Crippen LogP contribution < -0.4 is 39.1 Å². The van der Waals surface area contributed by atoms with Crippen LogP contribution in [0.2, 0.25) is 5.02 Å². The van der Waals surface area contributed by atoms with Crippen molar-refractivity contribution < 1.29 is 33.2 Å². The molecule has 16 N–H and O–H groups in total. The molecule has 0 atom stereocenters. The van der Waals surface area contributed by atoms with Crippen molar-refractivity contribution in [2.45, 2.75) is 6.92 Å². The molecule has 0 unspecified atom stereocenters. The summed E-state index contributed by atoms with van der Waals surface area (Å²) in [5.41, 5.74) is 49.1. The van der Waals surface area contributed by atoms with Crippen molar-refractivity contribution in [3.63, 3.8) is 0 Å². The Balaban J connectivity index is 0.000000114. The molecule has 6 aromatic carbocycles. The molecule has 0 saturated carbocycles. The van der Waals surface area contributed by atoms with Crippen LogP contribution in [0, 0.1) is 24.4 Å². The molecule has 0 fully saturated rings. The first-order valence-electron chi connectivity index (χ1n) is 34.1. The number of phenols is 3. The van der Waals surface area contributed by atoms with E-state index in [2.05, 4.69) is 120 Å². The lowest BCUT2D eigenvalue weighted by atomic mass is 10.1. The van der Waals surface area contributed by atoms with Gasteiger partial charge in [-0.2, -0.15) is 35.7 Å². The largest absolute Gasteiger partial charge is 0.508 e. The van der Waals surface area contributed by atoms with Gasteiger partial charge in [-0.3, -0.25) is 5.10 Å². The van der Waals surface area contributed by atoms with Crippen LogP contribution in [0.3, 0.4) is 0 Å². The first kappa shape index (κ1) is 76.0. The minimum atomic E-state index is -0.716. The summed E-state index contributed by atoms with van der Waals surface area (Å²) < 4.78 is 55.2. The molecule has 578 valence electrons. The highest BCUT2D eigenvalue weighted by Gasteiger charge is 2.23. The fourth-order valence-corrected chi connectivity index (χ4v) is 12.9. The molecular weight excluding hydrogens is 1510 g/mol. The van der Waals surface area contributed by atoms with Crippen LogP contribution in [0.5, 0.6) is 23.0 Å². The lowest BCUT2D eigenvalue weighted by Crippen LogP contribution is -1.95. The Bertz CT molecular complexity index is 6760. The number of nitrogens with one attached hydrogen (secondary N) is 1. The zero-order valence-electron chi connectivity index (χ0n) is 61.9. The molecule has 0 radical (unpaired) electrons. The predicted octanol–water partition coefficient (Wildman–Crippen LogP) is 10.1. The molecule has 19 aromatic rings. The Kier molecular flexibility index (Phi) is 20.7. The molecule has 0 spiro atoms. The van der Waals surface area contributed by atoms with Gasteiger partial charge >= 0.3 is 0 Å². The van der Waals surface area contributed by atoms with E-state index in [0.717, 1.165) is 55.9 Å². The number of rotatable bonds is 7. The highest BCUT2D eigenvalue weighted by atomic mass is 35.5. The number of anilines is 6. The van der Waals surface area contributed by atoms with Crippen LogP contribution in [0.1, 0.15) is 5.56 Å². The van der Waals surface area contributed by atoms with E-state index in [1.54, 1.807) is 82.1 Å². The Labute approximate surface area is 651 Å². The number of aromatic hydroxyl groups is 3. The van der Waals surface area contributed by atoms with Gasteiger partial charge in [-0.15, -0.1) is 0 Å². The third-order valence-electron chi connectivity index (χ3n) is 17.8. The van der Waals surface area contributed by atoms with E-state index in [-0.39, 0.29) is 23.1 Å². The number of nitrogens with two attached hydrogens (primary N) is 6. The summed E-state index contributed by atoms with van der Waals surface area (Å²) in [5, 5.41) is 67.0. The van der Waals surface area contributed by atoms with Crippen LogP contribution in [0.4, 0.5) is 48.1 Å². The molecule has 0 aliphatic rings. The van der Waals surface area contributed by atoms with Gasteiger partial charge in [0, 0.05) is 98.2 Å². The van der Waals surface area contributed by atoms with Crippen molar-refractivity contribution in [2.24, 2.45) is 42.3 Å². The van der Waals surface area contributed by atoms with Gasteiger partial charge in [-0.1, -0.05) is 47.5 Å². The highest BCUT2D eigenvalue weighted by Crippen LogP contribution is 2.39. The number of aromatic nitrogens is 26. The van der Waals surface area contributed by atoms with Crippen molar-refractivity contribution in [2.75, 3.05) is 41.5 Å². The number of aryl methyl sites for hydroxylation is 7. The molecule has 19 rings (SSSR count). The predicted molar refractivity (Wildman–Crippen MR) is 428 cm³/mol. The maximum atomic E-state index is 13.6. The minimum Gasteiger partial charge on any atom is -0.508 e. The second-order valence-corrected chi connectivity index (χ2v) is 26.0. The summed E-state index contributed by atoms with van der Waals surface area (Å²) in [5.74, 6) is 0.295. The smallest absolute Gasteiger partial charge is 0.165 e. The first-order chi connectivity index (χ1) is 55.2. The average molecular weight is 1570 g/mol. The number of aromatic amines is 1. The minimum absolute atomic E-state index is 0.0664. The summed E-state index contributed by atoms with van der Waals surface area (Å²) in [6.07, 6.45) is 10.1. The Morgan fingerprint density at radius 3 is 1.15 bits per heavy atom. The molecule has 36 nitrogen and oxygen atoms in total.